The molecule has 162 valence electrons. The second-order valence-electron chi connectivity index (χ2n) is 7.70. The monoisotopic (exact) mass is 431 g/mol. The highest BCUT2D eigenvalue weighted by Gasteiger charge is 2.47. The number of aliphatic hydroxyl groups is 1. The molecule has 5 nitrogen and oxygen atoms in total. The van der Waals surface area contributed by atoms with Gasteiger partial charge in [-0.25, -0.2) is 4.39 Å². The molecule has 3 aromatic carbocycles. The van der Waals surface area contributed by atoms with Gasteiger partial charge in [-0.1, -0.05) is 30.3 Å². The summed E-state index contributed by atoms with van der Waals surface area (Å²) in [6, 6.07) is 17.4. The largest absolute Gasteiger partial charge is 0.507 e. The zero-order valence-electron chi connectivity index (χ0n) is 17.9. The van der Waals surface area contributed by atoms with E-state index in [1.807, 2.05) is 19.1 Å². The second kappa shape index (κ2) is 8.30. The molecule has 6 heteroatoms. The van der Waals surface area contributed by atoms with E-state index in [9.17, 15) is 19.1 Å². The van der Waals surface area contributed by atoms with Crippen LogP contribution in [0.5, 0.6) is 5.75 Å². The average molecular weight is 431 g/mol. The molecule has 1 amide bonds. The molecule has 1 aliphatic heterocycles. The topological polar surface area (TPSA) is 66.8 Å². The molecule has 0 radical (unpaired) electrons. The molecule has 0 spiro atoms. The number of carbonyl (C=O) groups excluding carboxylic acids is 2. The molecule has 1 saturated heterocycles. The fraction of sp³-hybridized carbons (Fsp3) is 0.154. The number of aliphatic hydroxyl groups excluding tert-OH is 1. The van der Waals surface area contributed by atoms with Gasteiger partial charge in [0.15, 0.2) is 0 Å². The molecule has 0 aliphatic carbocycles. The van der Waals surface area contributed by atoms with Crippen LogP contribution in [0.1, 0.15) is 28.3 Å². The van der Waals surface area contributed by atoms with Gasteiger partial charge in [0, 0.05) is 11.3 Å². The van der Waals surface area contributed by atoms with Crippen molar-refractivity contribution in [3.8, 4) is 5.75 Å². The number of nitrogens with zero attached hydrogens (tertiary/aromatic N) is 1. The van der Waals surface area contributed by atoms with Crippen molar-refractivity contribution in [3.05, 3.63) is 100 Å². The number of ether oxygens (including phenoxy) is 1. The van der Waals surface area contributed by atoms with Crippen molar-refractivity contribution in [1.29, 1.82) is 0 Å². The summed E-state index contributed by atoms with van der Waals surface area (Å²) in [5, 5.41) is 11.1. The number of amides is 1. The van der Waals surface area contributed by atoms with E-state index in [-0.39, 0.29) is 16.9 Å². The van der Waals surface area contributed by atoms with Gasteiger partial charge < -0.3 is 9.84 Å². The van der Waals surface area contributed by atoms with Gasteiger partial charge in [0.05, 0.1) is 18.7 Å². The van der Waals surface area contributed by atoms with E-state index in [4.69, 9.17) is 4.74 Å². The molecule has 1 atom stereocenters. The highest BCUT2D eigenvalue weighted by molar-refractivity contribution is 6.51. The van der Waals surface area contributed by atoms with Crippen molar-refractivity contribution in [2.45, 2.75) is 19.9 Å². The van der Waals surface area contributed by atoms with E-state index in [0.717, 1.165) is 5.56 Å². The van der Waals surface area contributed by atoms with Crippen LogP contribution in [0.3, 0.4) is 0 Å². The van der Waals surface area contributed by atoms with Crippen molar-refractivity contribution < 1.29 is 23.8 Å². The van der Waals surface area contributed by atoms with Crippen LogP contribution in [0.2, 0.25) is 0 Å². The third-order valence-corrected chi connectivity index (χ3v) is 5.66. The molecule has 1 unspecified atom stereocenters. The third-order valence-electron chi connectivity index (χ3n) is 5.66. The number of carbonyl (C=O) groups is 2. The third kappa shape index (κ3) is 3.54. The van der Waals surface area contributed by atoms with Gasteiger partial charge >= 0.3 is 0 Å². The number of anilines is 1. The van der Waals surface area contributed by atoms with Crippen molar-refractivity contribution in [2.24, 2.45) is 0 Å². The minimum Gasteiger partial charge on any atom is -0.507 e. The molecule has 0 bridgehead atoms. The van der Waals surface area contributed by atoms with Gasteiger partial charge in [-0.15, -0.1) is 0 Å². The quantitative estimate of drug-likeness (QED) is 0.356. The van der Waals surface area contributed by atoms with E-state index < -0.39 is 23.5 Å². The number of methoxy groups -OCH3 is 1. The Balaban J connectivity index is 1.99. The molecule has 4 rings (SSSR count). The highest BCUT2D eigenvalue weighted by atomic mass is 19.1. The molecule has 3 aromatic rings. The predicted octanol–water partition coefficient (Wildman–Crippen LogP) is 5.08. The molecular formula is C26H22FNO4. The highest BCUT2D eigenvalue weighted by Crippen LogP contribution is 2.43. The van der Waals surface area contributed by atoms with Crippen molar-refractivity contribution in [1.82, 2.24) is 0 Å². The number of halogens is 1. The lowest BCUT2D eigenvalue weighted by molar-refractivity contribution is -0.132. The number of aryl methyl sites for hydroxylation is 2. The lowest BCUT2D eigenvalue weighted by Gasteiger charge is -2.27. The lowest BCUT2D eigenvalue weighted by Crippen LogP contribution is -2.30. The van der Waals surface area contributed by atoms with Crippen molar-refractivity contribution in [3.63, 3.8) is 0 Å². The Bertz CT molecular complexity index is 1260. The van der Waals surface area contributed by atoms with E-state index in [2.05, 4.69) is 0 Å². The fourth-order valence-corrected chi connectivity index (χ4v) is 3.99. The standard InChI is InChI=1S/C26H22FNO4/c1-15-7-4-5-10-21(15)28-23(17-8-6-9-19(14-17)32-3)22(25(30)26(28)31)24(29)18-11-12-20(27)16(2)13-18/h4-14,23,29H,1-3H3/b24-22-. The Morgan fingerprint density at radius 1 is 0.969 bits per heavy atom. The zero-order valence-corrected chi connectivity index (χ0v) is 17.9. The van der Waals surface area contributed by atoms with Crippen LogP contribution in [0, 0.1) is 19.7 Å². The Labute approximate surface area is 185 Å². The van der Waals surface area contributed by atoms with Crippen molar-refractivity contribution in [2.75, 3.05) is 12.0 Å². The predicted molar refractivity (Wildman–Crippen MR) is 120 cm³/mol. The van der Waals surface area contributed by atoms with Gasteiger partial charge in [-0.05, 0) is 66.9 Å². The van der Waals surface area contributed by atoms with Gasteiger partial charge in [-0.3, -0.25) is 14.5 Å². The first-order valence-electron chi connectivity index (χ1n) is 10.1. The second-order valence-corrected chi connectivity index (χ2v) is 7.70. The Morgan fingerprint density at radius 2 is 1.72 bits per heavy atom. The van der Waals surface area contributed by atoms with E-state index in [0.29, 0.717) is 22.6 Å². The Morgan fingerprint density at radius 3 is 2.41 bits per heavy atom. The maximum atomic E-state index is 13.8. The van der Waals surface area contributed by atoms with Crippen LogP contribution in [0.15, 0.2) is 72.3 Å². The molecule has 1 aliphatic rings. The summed E-state index contributed by atoms with van der Waals surface area (Å²) >= 11 is 0. The lowest BCUT2D eigenvalue weighted by atomic mass is 9.94. The molecule has 1 heterocycles. The SMILES string of the molecule is COc1cccc(C2/C(=C(/O)c3ccc(F)c(C)c3)C(=O)C(=O)N2c2ccccc2C)c1. The maximum absolute atomic E-state index is 13.8. The number of para-hydroxylation sites is 1. The normalized spacial score (nSPS) is 17.6. The van der Waals surface area contributed by atoms with Gasteiger partial charge in [0.1, 0.15) is 17.3 Å². The molecule has 0 aromatic heterocycles. The summed E-state index contributed by atoms with van der Waals surface area (Å²) in [5.41, 5.74) is 2.50. The molecular weight excluding hydrogens is 409 g/mol. The minimum atomic E-state index is -0.878. The van der Waals surface area contributed by atoms with Crippen LogP contribution < -0.4 is 9.64 Å². The summed E-state index contributed by atoms with van der Waals surface area (Å²) in [6.45, 7) is 3.41. The number of hydrogen-bond acceptors (Lipinski definition) is 4. The van der Waals surface area contributed by atoms with E-state index in [1.165, 1.54) is 30.2 Å². The maximum Gasteiger partial charge on any atom is 0.300 e. The number of benzene rings is 3. The summed E-state index contributed by atoms with van der Waals surface area (Å²) in [6.07, 6.45) is 0. The minimum absolute atomic E-state index is 0.0579. The average Bonchev–Trinajstić information content (AvgIpc) is 3.06. The van der Waals surface area contributed by atoms with E-state index in [1.54, 1.807) is 43.3 Å². The summed E-state index contributed by atoms with van der Waals surface area (Å²) in [4.78, 5) is 27.8. The van der Waals surface area contributed by atoms with Crippen molar-refractivity contribution >= 4 is 23.1 Å². The van der Waals surface area contributed by atoms with Crippen LogP contribution in [0.25, 0.3) is 5.76 Å². The van der Waals surface area contributed by atoms with Crippen LogP contribution >= 0.6 is 0 Å². The van der Waals surface area contributed by atoms with Crippen LogP contribution in [-0.2, 0) is 9.59 Å². The summed E-state index contributed by atoms with van der Waals surface area (Å²) in [5.74, 6) is -1.77. The zero-order chi connectivity index (χ0) is 23.0. The number of Topliss-reactive ketones (excluding diaryl/α,β-unsaturated/α-hetero) is 1. The Hall–Kier alpha value is -3.93. The van der Waals surface area contributed by atoms with E-state index >= 15 is 0 Å². The Kier molecular flexibility index (Phi) is 5.53. The smallest absolute Gasteiger partial charge is 0.300 e. The van der Waals surface area contributed by atoms with Crippen LogP contribution in [0.4, 0.5) is 10.1 Å². The van der Waals surface area contributed by atoms with Crippen LogP contribution in [-0.4, -0.2) is 23.9 Å². The summed E-state index contributed by atoms with van der Waals surface area (Å²) in [7, 11) is 1.53. The summed E-state index contributed by atoms with van der Waals surface area (Å²) < 4.78 is 19.1. The van der Waals surface area contributed by atoms with Gasteiger partial charge in [0.25, 0.3) is 11.7 Å². The molecule has 1 fully saturated rings. The first-order valence-corrected chi connectivity index (χ1v) is 10.1. The van der Waals surface area contributed by atoms with Gasteiger partial charge in [0.2, 0.25) is 0 Å². The fourth-order valence-electron chi connectivity index (χ4n) is 3.99. The molecule has 0 saturated carbocycles. The number of hydrogen-bond donors (Lipinski definition) is 1. The molecule has 32 heavy (non-hydrogen) atoms. The number of ketones is 1. The first-order chi connectivity index (χ1) is 15.3. The van der Waals surface area contributed by atoms with Gasteiger partial charge in [-0.2, -0.15) is 0 Å². The first kappa shape index (κ1) is 21.3. The number of rotatable bonds is 4. The molecule has 1 N–H and O–H groups in total.